The number of nitriles is 1. The number of thioether (sulfide) groups is 1. The highest BCUT2D eigenvalue weighted by molar-refractivity contribution is 7.97. The Morgan fingerprint density at radius 2 is 1.76 bits per heavy atom. The molecule has 5 rings (SSSR count). The summed E-state index contributed by atoms with van der Waals surface area (Å²) in [6.07, 6.45) is 1.00. The van der Waals surface area contributed by atoms with Crippen LogP contribution in [0.4, 0.5) is 5.69 Å². The van der Waals surface area contributed by atoms with E-state index in [1.165, 1.54) is 16.7 Å². The number of allylic oxidation sites excluding steroid dienone is 3. The average molecular weight is 603 g/mol. The maximum atomic E-state index is 14.0. The smallest absolute Gasteiger partial charge is 0.162 e. The number of aryl methyl sites for hydroxylation is 2. The van der Waals surface area contributed by atoms with Crippen molar-refractivity contribution in [2.75, 3.05) is 4.90 Å². The molecule has 0 radical (unpaired) electrons. The maximum Gasteiger partial charge on any atom is 0.162 e. The number of hydrogen-bond donors (Lipinski definition) is 1. The number of nitrogens with two attached hydrogens (primary N) is 1. The van der Waals surface area contributed by atoms with E-state index in [1.54, 1.807) is 17.0 Å². The topological polar surface area (TPSA) is 70.1 Å². The molecule has 0 fully saturated rings. The Kier molecular flexibility index (Phi) is 8.30. The van der Waals surface area contributed by atoms with E-state index in [0.717, 1.165) is 28.3 Å². The quantitative estimate of drug-likeness (QED) is 0.305. The first-order valence-corrected chi connectivity index (χ1v) is 15.5. The molecular weight excluding hydrogens is 569 g/mol. The third-order valence-corrected chi connectivity index (χ3v) is 9.82. The number of anilines is 1. The van der Waals surface area contributed by atoms with Crippen molar-refractivity contribution in [3.63, 3.8) is 0 Å². The van der Waals surface area contributed by atoms with Gasteiger partial charge < -0.3 is 5.73 Å². The molecule has 1 aliphatic carbocycles. The molecule has 0 spiro atoms. The molecule has 1 heterocycles. The Morgan fingerprint density at radius 1 is 1.02 bits per heavy atom. The summed E-state index contributed by atoms with van der Waals surface area (Å²) in [4.78, 5) is 15.8. The van der Waals surface area contributed by atoms with Crippen LogP contribution in [0.2, 0.25) is 10.0 Å². The SMILES string of the molecule is Cc1cc(C)c(C2C(C#N)=C(N)N(c3cccc(Cl)c3Cl)C3=C2C(=O)CC(C)(C)C3)cc1CSCc1ccccc1. The molecular formula is C34H33Cl2N3OS. The fourth-order valence-electron chi connectivity index (χ4n) is 6.00. The Morgan fingerprint density at radius 3 is 2.46 bits per heavy atom. The van der Waals surface area contributed by atoms with E-state index >= 15 is 0 Å². The molecule has 210 valence electrons. The second-order valence-electron chi connectivity index (χ2n) is 11.7. The van der Waals surface area contributed by atoms with Gasteiger partial charge in [0.1, 0.15) is 5.82 Å². The van der Waals surface area contributed by atoms with E-state index in [2.05, 4.69) is 63.2 Å². The Hall–Kier alpha value is -3.17. The lowest BCUT2D eigenvalue weighted by atomic mass is 9.68. The van der Waals surface area contributed by atoms with Gasteiger partial charge in [0.15, 0.2) is 5.78 Å². The molecule has 1 aliphatic heterocycles. The molecule has 0 amide bonds. The van der Waals surface area contributed by atoms with Gasteiger partial charge >= 0.3 is 0 Å². The molecule has 4 nitrogen and oxygen atoms in total. The highest BCUT2D eigenvalue weighted by atomic mass is 35.5. The van der Waals surface area contributed by atoms with E-state index in [4.69, 9.17) is 28.9 Å². The number of benzene rings is 3. The average Bonchev–Trinajstić information content (AvgIpc) is 2.91. The highest BCUT2D eigenvalue weighted by Crippen LogP contribution is 2.52. The monoisotopic (exact) mass is 601 g/mol. The molecule has 7 heteroatoms. The zero-order valence-corrected chi connectivity index (χ0v) is 26.1. The Bertz CT molecular complexity index is 1640. The third kappa shape index (κ3) is 5.66. The fraction of sp³-hybridized carbons (Fsp3) is 0.294. The zero-order valence-electron chi connectivity index (χ0n) is 23.7. The number of nitrogens with zero attached hydrogens (tertiary/aromatic N) is 2. The van der Waals surface area contributed by atoms with Crippen LogP contribution in [0.1, 0.15) is 60.4 Å². The summed E-state index contributed by atoms with van der Waals surface area (Å²) >= 11 is 14.9. The standard InChI is InChI=1S/C34H33Cl2N3OS/c1-20-13-21(2)24(14-23(20)19-41-18-22-9-6-5-7-10-22)30-25(17-37)33(38)39(27-12-8-11-26(35)32(27)36)28-15-34(3,4)16-29(40)31(28)30/h5-14,30H,15-16,18-19,38H2,1-4H3. The second kappa shape index (κ2) is 11.6. The van der Waals surface area contributed by atoms with E-state index < -0.39 is 5.92 Å². The van der Waals surface area contributed by atoms with Crippen molar-refractivity contribution in [3.05, 3.63) is 121 Å². The van der Waals surface area contributed by atoms with Crippen molar-refractivity contribution in [2.45, 2.75) is 58.0 Å². The normalized spacial score (nSPS) is 18.4. The third-order valence-electron chi connectivity index (χ3n) is 7.96. The zero-order chi connectivity index (χ0) is 29.5. The largest absolute Gasteiger partial charge is 0.384 e. The first-order valence-electron chi connectivity index (χ1n) is 13.6. The summed E-state index contributed by atoms with van der Waals surface area (Å²) in [7, 11) is 0. The van der Waals surface area contributed by atoms with E-state index in [-0.39, 0.29) is 17.0 Å². The van der Waals surface area contributed by atoms with Gasteiger partial charge in [0, 0.05) is 29.2 Å². The van der Waals surface area contributed by atoms with Crippen LogP contribution in [0.3, 0.4) is 0 Å². The van der Waals surface area contributed by atoms with Gasteiger partial charge in [-0.25, -0.2) is 0 Å². The van der Waals surface area contributed by atoms with E-state index in [1.807, 2.05) is 30.8 Å². The number of carbonyl (C=O) groups is 1. The molecule has 1 unspecified atom stereocenters. The van der Waals surface area contributed by atoms with Crippen LogP contribution >= 0.6 is 35.0 Å². The molecule has 1 atom stereocenters. The van der Waals surface area contributed by atoms with Crippen molar-refractivity contribution < 1.29 is 4.79 Å². The number of halogens is 2. The van der Waals surface area contributed by atoms with Crippen LogP contribution in [0.15, 0.2) is 83.3 Å². The first kappa shape index (κ1) is 29.3. The second-order valence-corrected chi connectivity index (χ2v) is 13.4. The molecule has 0 bridgehead atoms. The van der Waals surface area contributed by atoms with E-state index in [0.29, 0.717) is 39.7 Å². The van der Waals surface area contributed by atoms with Crippen molar-refractivity contribution in [1.82, 2.24) is 0 Å². The molecule has 2 aliphatic rings. The van der Waals surface area contributed by atoms with Crippen LogP contribution in [0.5, 0.6) is 0 Å². The van der Waals surface area contributed by atoms with Crippen LogP contribution in [-0.2, 0) is 16.3 Å². The van der Waals surface area contributed by atoms with Crippen molar-refractivity contribution >= 4 is 46.4 Å². The molecule has 3 aromatic carbocycles. The first-order chi connectivity index (χ1) is 19.5. The number of ketones is 1. The summed E-state index contributed by atoms with van der Waals surface area (Å²) < 4.78 is 0. The summed E-state index contributed by atoms with van der Waals surface area (Å²) in [5, 5.41) is 11.2. The molecule has 0 aromatic heterocycles. The van der Waals surface area contributed by atoms with Gasteiger partial charge in [0.25, 0.3) is 0 Å². The summed E-state index contributed by atoms with van der Waals surface area (Å²) in [5.41, 5.74) is 14.5. The maximum absolute atomic E-state index is 14.0. The molecule has 0 saturated carbocycles. The van der Waals surface area contributed by atoms with Gasteiger partial charge in [0.2, 0.25) is 0 Å². The number of carbonyl (C=O) groups excluding carboxylic acids is 1. The highest BCUT2D eigenvalue weighted by Gasteiger charge is 2.45. The Labute approximate surface area is 256 Å². The van der Waals surface area contributed by atoms with Gasteiger partial charge in [-0.1, -0.05) is 85.6 Å². The minimum absolute atomic E-state index is 0.0321. The number of hydrogen-bond acceptors (Lipinski definition) is 5. The van der Waals surface area contributed by atoms with Gasteiger partial charge in [-0.2, -0.15) is 17.0 Å². The fourth-order valence-corrected chi connectivity index (χ4v) is 7.44. The van der Waals surface area contributed by atoms with Crippen LogP contribution in [0, 0.1) is 30.6 Å². The predicted octanol–water partition coefficient (Wildman–Crippen LogP) is 8.98. The lowest BCUT2D eigenvalue weighted by Gasteiger charge is -2.44. The molecule has 2 N–H and O–H groups in total. The lowest BCUT2D eigenvalue weighted by Crippen LogP contribution is -2.42. The van der Waals surface area contributed by atoms with Crippen molar-refractivity contribution in [2.24, 2.45) is 11.1 Å². The summed E-state index contributed by atoms with van der Waals surface area (Å²) in [6, 6.07) is 22.5. The van der Waals surface area contributed by atoms with Gasteiger partial charge in [0.05, 0.1) is 33.3 Å². The van der Waals surface area contributed by atoms with Crippen LogP contribution in [-0.4, -0.2) is 5.78 Å². The minimum Gasteiger partial charge on any atom is -0.384 e. The van der Waals surface area contributed by atoms with Crippen LogP contribution in [0.25, 0.3) is 0 Å². The molecule has 3 aromatic rings. The number of rotatable bonds is 6. The minimum atomic E-state index is -0.550. The Balaban J connectivity index is 1.64. The molecule has 0 saturated heterocycles. The summed E-state index contributed by atoms with van der Waals surface area (Å²) in [5.74, 6) is 1.49. The van der Waals surface area contributed by atoms with Gasteiger partial charge in [-0.3, -0.25) is 9.69 Å². The summed E-state index contributed by atoms with van der Waals surface area (Å²) in [6.45, 7) is 8.33. The lowest BCUT2D eigenvalue weighted by molar-refractivity contribution is -0.118. The van der Waals surface area contributed by atoms with Crippen molar-refractivity contribution in [1.29, 1.82) is 5.26 Å². The van der Waals surface area contributed by atoms with Gasteiger partial charge in [-0.15, -0.1) is 0 Å². The van der Waals surface area contributed by atoms with Crippen LogP contribution < -0.4 is 10.6 Å². The number of Topliss-reactive ketones (excluding diaryl/α,β-unsaturated/α-hetero) is 1. The van der Waals surface area contributed by atoms with E-state index in [9.17, 15) is 10.1 Å². The predicted molar refractivity (Wildman–Crippen MR) is 171 cm³/mol. The molecule has 41 heavy (non-hydrogen) atoms. The van der Waals surface area contributed by atoms with Crippen molar-refractivity contribution in [3.8, 4) is 6.07 Å². The van der Waals surface area contributed by atoms with Gasteiger partial charge in [-0.05, 0) is 65.6 Å².